The largest absolute Gasteiger partial charge is 0.481 e. The van der Waals surface area contributed by atoms with E-state index in [1.165, 1.54) is 7.11 Å². The molecule has 0 aliphatic heterocycles. The molecule has 0 saturated carbocycles. The number of carbonyl (C=O) groups excluding carboxylic acids is 1. The number of aromatic nitrogens is 1. The van der Waals surface area contributed by atoms with Gasteiger partial charge in [0.2, 0.25) is 5.88 Å². The predicted molar refractivity (Wildman–Crippen MR) is 45.9 cm³/mol. The number of hydrogen-bond donors (Lipinski definition) is 0. The van der Waals surface area contributed by atoms with E-state index < -0.39 is 17.2 Å². The van der Waals surface area contributed by atoms with Gasteiger partial charge >= 0.3 is 0 Å². The Morgan fingerprint density at radius 2 is 2.29 bits per heavy atom. The number of hydrogen-bond acceptors (Lipinski definition) is 3. The van der Waals surface area contributed by atoms with Crippen molar-refractivity contribution in [3.05, 3.63) is 23.4 Å². The number of alkyl halides is 2. The van der Waals surface area contributed by atoms with Crippen LogP contribution in [0.2, 0.25) is 0 Å². The van der Waals surface area contributed by atoms with E-state index in [1.54, 1.807) is 0 Å². The van der Waals surface area contributed by atoms with Crippen LogP contribution in [0.15, 0.2) is 12.3 Å². The molecule has 0 amide bonds. The molecule has 76 valence electrons. The van der Waals surface area contributed by atoms with Gasteiger partial charge < -0.3 is 4.74 Å². The molecule has 0 aliphatic carbocycles. The van der Waals surface area contributed by atoms with Crippen molar-refractivity contribution in [2.75, 3.05) is 7.11 Å². The maximum absolute atomic E-state index is 12.4. The van der Waals surface area contributed by atoms with Crippen molar-refractivity contribution in [1.82, 2.24) is 4.98 Å². The van der Waals surface area contributed by atoms with E-state index in [2.05, 4.69) is 9.72 Å². The van der Waals surface area contributed by atoms with E-state index in [-0.39, 0.29) is 11.4 Å². The van der Waals surface area contributed by atoms with Crippen molar-refractivity contribution in [2.45, 2.75) is 6.43 Å². The van der Waals surface area contributed by atoms with E-state index in [1.807, 2.05) is 0 Å². The summed E-state index contributed by atoms with van der Waals surface area (Å²) in [6.45, 7) is 0. The lowest BCUT2D eigenvalue weighted by atomic mass is 10.2. The van der Waals surface area contributed by atoms with Crippen molar-refractivity contribution in [1.29, 1.82) is 0 Å². The highest BCUT2D eigenvalue weighted by atomic mass is 35.5. The zero-order valence-electron chi connectivity index (χ0n) is 7.13. The molecule has 0 N–H and O–H groups in total. The molecule has 0 spiro atoms. The fraction of sp³-hybridized carbons (Fsp3) is 0.250. The van der Waals surface area contributed by atoms with E-state index in [0.717, 1.165) is 12.3 Å². The molecule has 0 aromatic carbocycles. The number of halogens is 3. The van der Waals surface area contributed by atoms with Gasteiger partial charge in [-0.3, -0.25) is 4.79 Å². The third kappa shape index (κ3) is 2.17. The molecule has 14 heavy (non-hydrogen) atoms. The molecular formula is C8H6ClF2NO2. The third-order valence-electron chi connectivity index (χ3n) is 1.53. The summed E-state index contributed by atoms with van der Waals surface area (Å²) >= 11 is 5.11. The van der Waals surface area contributed by atoms with Crippen LogP contribution in [-0.4, -0.2) is 17.3 Å². The van der Waals surface area contributed by atoms with Crippen LogP contribution in [0.25, 0.3) is 0 Å². The van der Waals surface area contributed by atoms with Gasteiger partial charge in [0.25, 0.3) is 11.7 Å². The first-order valence-corrected chi connectivity index (χ1v) is 3.96. The highest BCUT2D eigenvalue weighted by Crippen LogP contribution is 2.27. The number of ether oxygens (including phenoxy) is 1. The lowest BCUT2D eigenvalue weighted by Gasteiger charge is -2.06. The Hall–Kier alpha value is -1.23. The Kier molecular flexibility index (Phi) is 3.35. The minimum Gasteiger partial charge on any atom is -0.481 e. The number of nitrogens with zero attached hydrogens (tertiary/aromatic N) is 1. The van der Waals surface area contributed by atoms with Crippen molar-refractivity contribution < 1.29 is 18.3 Å². The Morgan fingerprint density at radius 1 is 1.64 bits per heavy atom. The van der Waals surface area contributed by atoms with Crippen molar-refractivity contribution >= 4 is 16.8 Å². The van der Waals surface area contributed by atoms with Gasteiger partial charge in [0.05, 0.1) is 18.2 Å². The molecule has 0 saturated heterocycles. The van der Waals surface area contributed by atoms with Crippen LogP contribution < -0.4 is 4.74 Å². The van der Waals surface area contributed by atoms with Gasteiger partial charge in [-0.05, 0) is 17.7 Å². The molecule has 0 aliphatic rings. The Balaban J connectivity index is 3.20. The third-order valence-corrected chi connectivity index (χ3v) is 1.75. The molecule has 1 heterocycles. The van der Waals surface area contributed by atoms with E-state index in [9.17, 15) is 13.6 Å². The molecule has 0 unspecified atom stereocenters. The summed E-state index contributed by atoms with van der Waals surface area (Å²) in [5.41, 5.74) is -0.526. The van der Waals surface area contributed by atoms with Gasteiger partial charge in [-0.25, -0.2) is 13.8 Å². The van der Waals surface area contributed by atoms with Crippen molar-refractivity contribution in [3.8, 4) is 5.88 Å². The summed E-state index contributed by atoms with van der Waals surface area (Å²) in [7, 11) is 1.22. The first-order chi connectivity index (χ1) is 6.56. The van der Waals surface area contributed by atoms with Crippen molar-refractivity contribution in [2.24, 2.45) is 0 Å². The number of rotatable bonds is 3. The fourth-order valence-electron chi connectivity index (χ4n) is 0.904. The summed E-state index contributed by atoms with van der Waals surface area (Å²) in [5.74, 6) is -0.207. The smallest absolute Gasteiger partial charge is 0.269 e. The minimum atomic E-state index is -2.76. The van der Waals surface area contributed by atoms with Gasteiger partial charge in [0.1, 0.15) is 0 Å². The Labute approximate surface area is 83.7 Å². The lowest BCUT2D eigenvalue weighted by Crippen LogP contribution is -1.99. The van der Waals surface area contributed by atoms with Gasteiger partial charge in [0, 0.05) is 6.20 Å². The molecule has 6 heteroatoms. The topological polar surface area (TPSA) is 39.2 Å². The first-order valence-electron chi connectivity index (χ1n) is 3.58. The lowest BCUT2D eigenvalue weighted by molar-refractivity contribution is 0.108. The number of carbonyl (C=O) groups is 1. The van der Waals surface area contributed by atoms with Gasteiger partial charge in [-0.2, -0.15) is 0 Å². The molecular weight excluding hydrogens is 216 g/mol. The maximum atomic E-state index is 12.4. The molecule has 0 bridgehead atoms. The summed E-state index contributed by atoms with van der Waals surface area (Å²) in [4.78, 5) is 14.2. The van der Waals surface area contributed by atoms with E-state index in [4.69, 9.17) is 11.6 Å². The number of pyridine rings is 1. The molecule has 1 rings (SSSR count). The molecule has 0 radical (unpaired) electrons. The quantitative estimate of drug-likeness (QED) is 0.736. The van der Waals surface area contributed by atoms with Crippen LogP contribution in [-0.2, 0) is 0 Å². The fourth-order valence-corrected chi connectivity index (χ4v) is 1.01. The van der Waals surface area contributed by atoms with Gasteiger partial charge in [-0.1, -0.05) is 0 Å². The van der Waals surface area contributed by atoms with Gasteiger partial charge in [0.15, 0.2) is 0 Å². The first kappa shape index (κ1) is 10.8. The summed E-state index contributed by atoms with van der Waals surface area (Å²) in [5, 5.41) is -0.831. The molecule has 3 nitrogen and oxygen atoms in total. The highest BCUT2D eigenvalue weighted by Gasteiger charge is 2.17. The average Bonchev–Trinajstić information content (AvgIpc) is 2.16. The Morgan fingerprint density at radius 3 is 2.71 bits per heavy atom. The van der Waals surface area contributed by atoms with Gasteiger partial charge in [-0.15, -0.1) is 0 Å². The van der Waals surface area contributed by atoms with Crippen LogP contribution in [0, 0.1) is 0 Å². The molecule has 0 atom stereocenters. The second-order valence-electron chi connectivity index (χ2n) is 2.40. The molecule has 0 fully saturated rings. The zero-order valence-corrected chi connectivity index (χ0v) is 7.89. The summed E-state index contributed by atoms with van der Waals surface area (Å²) in [6.07, 6.45) is -1.67. The predicted octanol–water partition coefficient (Wildman–Crippen LogP) is 2.41. The van der Waals surface area contributed by atoms with Crippen LogP contribution in [0.4, 0.5) is 8.78 Å². The average molecular weight is 222 g/mol. The van der Waals surface area contributed by atoms with E-state index in [0.29, 0.717) is 0 Å². The number of methoxy groups -OCH3 is 1. The van der Waals surface area contributed by atoms with E-state index >= 15 is 0 Å². The molecule has 1 aromatic heterocycles. The standard InChI is InChI=1S/C8H6ClF2NO2/c1-14-8-5(7(10)11)2-4(3-12-8)6(9)13/h2-3,7H,1H3. The summed E-state index contributed by atoms with van der Waals surface area (Å²) in [6, 6.07) is 0.964. The molecule has 1 aromatic rings. The van der Waals surface area contributed by atoms with Crippen LogP contribution in [0.3, 0.4) is 0 Å². The SMILES string of the molecule is COc1ncc(C(=O)Cl)cc1C(F)F. The van der Waals surface area contributed by atoms with Crippen LogP contribution in [0.5, 0.6) is 5.88 Å². The normalized spacial score (nSPS) is 10.4. The van der Waals surface area contributed by atoms with Crippen LogP contribution in [0.1, 0.15) is 22.3 Å². The summed E-state index contributed by atoms with van der Waals surface area (Å²) < 4.78 is 29.4. The Bertz CT molecular complexity index is 357. The second-order valence-corrected chi connectivity index (χ2v) is 2.74. The zero-order chi connectivity index (χ0) is 10.7. The second kappa shape index (κ2) is 4.32. The highest BCUT2D eigenvalue weighted by molar-refractivity contribution is 6.67. The monoisotopic (exact) mass is 221 g/mol. The van der Waals surface area contributed by atoms with Crippen LogP contribution >= 0.6 is 11.6 Å². The van der Waals surface area contributed by atoms with Crippen molar-refractivity contribution in [3.63, 3.8) is 0 Å². The maximum Gasteiger partial charge on any atom is 0.269 e. The minimum absolute atomic E-state index is 0.0808.